The summed E-state index contributed by atoms with van der Waals surface area (Å²) >= 11 is 0. The first-order valence-corrected chi connectivity index (χ1v) is 5.21. The average molecular weight is 237 g/mol. The Labute approximate surface area is 122 Å². The number of aromatic nitrogens is 1. The molecule has 0 radical (unpaired) electrons. The molecular weight excluding hydrogens is 225 g/mol. The number of aromatic carboxylic acids is 1. The minimum absolute atomic E-state index is 0. The van der Waals surface area contributed by atoms with E-state index >= 15 is 0 Å². The number of hydrogen-bond donors (Lipinski definition) is 1. The molecule has 1 aromatic carbocycles. The van der Waals surface area contributed by atoms with Crippen molar-refractivity contribution in [2.45, 2.75) is 13.3 Å². The van der Waals surface area contributed by atoms with Gasteiger partial charge in [-0.2, -0.15) is 0 Å². The third-order valence-corrected chi connectivity index (χ3v) is 2.56. The second-order valence-electron chi connectivity index (χ2n) is 3.59. The van der Waals surface area contributed by atoms with Gasteiger partial charge in [0, 0.05) is 5.69 Å². The summed E-state index contributed by atoms with van der Waals surface area (Å²) in [5, 5.41) is 10.8. The number of benzene rings is 1. The fraction of sp³-hybridized carbons (Fsp3) is 0.154. The van der Waals surface area contributed by atoms with Crippen LogP contribution < -0.4 is 34.7 Å². The molecule has 0 spiro atoms. The van der Waals surface area contributed by atoms with Crippen molar-refractivity contribution < 1.29 is 39.5 Å². The maximum atomic E-state index is 10.8. The second-order valence-corrected chi connectivity index (χ2v) is 3.59. The molecule has 3 nitrogen and oxygen atoms in total. The summed E-state index contributed by atoms with van der Waals surface area (Å²) in [5.41, 5.74) is 2.98. The summed E-state index contributed by atoms with van der Waals surface area (Å²) < 4.78 is 0. The fourth-order valence-corrected chi connectivity index (χ4v) is 1.75. The number of carbonyl (C=O) groups excluding carboxylic acids is 1. The normalized spacial score (nSPS) is 9.71. The van der Waals surface area contributed by atoms with Gasteiger partial charge in [-0.25, -0.2) is 0 Å². The molecule has 1 N–H and O–H groups in total. The van der Waals surface area contributed by atoms with Crippen LogP contribution in [0, 0.1) is 0 Å². The Hall–Kier alpha value is -1.03. The van der Waals surface area contributed by atoms with E-state index in [4.69, 9.17) is 0 Å². The number of H-pyrrole nitrogens is 1. The fourth-order valence-electron chi connectivity index (χ4n) is 1.75. The molecule has 0 aliphatic carbocycles. The molecule has 0 fully saturated rings. The van der Waals surface area contributed by atoms with Crippen molar-refractivity contribution in [1.29, 1.82) is 0 Å². The van der Waals surface area contributed by atoms with E-state index < -0.39 is 5.97 Å². The molecule has 1 heterocycles. The molecule has 1 aromatic heterocycles. The van der Waals surface area contributed by atoms with Gasteiger partial charge in [0.2, 0.25) is 0 Å². The van der Waals surface area contributed by atoms with Crippen LogP contribution in [0.5, 0.6) is 0 Å². The maximum Gasteiger partial charge on any atom is 1.00 e. The molecule has 0 amide bonds. The van der Waals surface area contributed by atoms with Crippen LogP contribution in [0.15, 0.2) is 36.4 Å². The summed E-state index contributed by atoms with van der Waals surface area (Å²) in [7, 11) is 0. The monoisotopic (exact) mass is 237 g/mol. The molecule has 0 unspecified atom stereocenters. The summed E-state index contributed by atoms with van der Waals surface area (Å²) in [5.74, 6) is -1.17. The van der Waals surface area contributed by atoms with Crippen molar-refractivity contribution in [2.75, 3.05) is 0 Å². The van der Waals surface area contributed by atoms with Crippen molar-refractivity contribution in [3.63, 3.8) is 0 Å². The largest absolute Gasteiger partial charge is 1.00 e. The molecule has 0 atom stereocenters. The van der Waals surface area contributed by atoms with Gasteiger partial charge in [-0.15, -0.1) is 0 Å². The van der Waals surface area contributed by atoms with Crippen molar-refractivity contribution in [3.05, 3.63) is 47.7 Å². The van der Waals surface area contributed by atoms with Crippen LogP contribution in [0.2, 0.25) is 0 Å². The molecule has 0 bridgehead atoms. The number of carboxylic acids is 1. The van der Waals surface area contributed by atoms with E-state index in [2.05, 4.69) is 4.98 Å². The molecular formula is C13H12NNaO2. The summed E-state index contributed by atoms with van der Waals surface area (Å²) in [6.45, 7) is 1.99. The Bertz CT molecular complexity index is 505. The zero-order valence-electron chi connectivity index (χ0n) is 9.99. The van der Waals surface area contributed by atoms with E-state index in [9.17, 15) is 9.90 Å². The van der Waals surface area contributed by atoms with E-state index in [0.717, 1.165) is 23.2 Å². The van der Waals surface area contributed by atoms with Crippen LogP contribution >= 0.6 is 0 Å². The minimum atomic E-state index is -1.17. The van der Waals surface area contributed by atoms with E-state index in [-0.39, 0.29) is 35.3 Å². The van der Waals surface area contributed by atoms with Gasteiger partial charge < -0.3 is 14.9 Å². The first-order chi connectivity index (χ1) is 7.72. The van der Waals surface area contributed by atoms with Crippen LogP contribution in [0.25, 0.3) is 11.3 Å². The average Bonchev–Trinajstić information content (AvgIpc) is 2.74. The van der Waals surface area contributed by atoms with Crippen molar-refractivity contribution in [1.82, 2.24) is 4.98 Å². The van der Waals surface area contributed by atoms with Crippen LogP contribution in [-0.2, 0) is 6.42 Å². The zero-order valence-corrected chi connectivity index (χ0v) is 12.0. The van der Waals surface area contributed by atoms with Crippen LogP contribution in [0.1, 0.15) is 23.0 Å². The van der Waals surface area contributed by atoms with E-state index in [1.807, 2.05) is 37.3 Å². The first-order valence-electron chi connectivity index (χ1n) is 5.21. The van der Waals surface area contributed by atoms with Crippen molar-refractivity contribution in [2.24, 2.45) is 0 Å². The number of nitrogens with one attached hydrogen (secondary N) is 1. The molecule has 2 aromatic rings. The van der Waals surface area contributed by atoms with Gasteiger partial charge in [-0.05, 0) is 23.6 Å². The van der Waals surface area contributed by atoms with Crippen LogP contribution in [-0.4, -0.2) is 11.0 Å². The number of carboxylic acid groups (broad SMARTS) is 1. The molecule has 0 saturated heterocycles. The summed E-state index contributed by atoms with van der Waals surface area (Å²) in [6, 6.07) is 11.3. The van der Waals surface area contributed by atoms with Gasteiger partial charge in [-0.3, -0.25) is 0 Å². The van der Waals surface area contributed by atoms with Crippen LogP contribution in [0.4, 0.5) is 0 Å². The first kappa shape index (κ1) is 14.0. The molecule has 17 heavy (non-hydrogen) atoms. The minimum Gasteiger partial charge on any atom is -0.543 e. The summed E-state index contributed by atoms with van der Waals surface area (Å²) in [6.07, 6.45) is 0.786. The Morgan fingerprint density at radius 3 is 2.47 bits per heavy atom. The van der Waals surface area contributed by atoms with Gasteiger partial charge in [0.05, 0.1) is 11.7 Å². The van der Waals surface area contributed by atoms with Gasteiger partial charge in [-0.1, -0.05) is 37.3 Å². The maximum absolute atomic E-state index is 10.8. The Morgan fingerprint density at radius 1 is 1.29 bits per heavy atom. The number of aromatic amines is 1. The second kappa shape index (κ2) is 6.05. The van der Waals surface area contributed by atoms with E-state index in [1.165, 1.54) is 0 Å². The molecule has 0 aliphatic rings. The van der Waals surface area contributed by atoms with Gasteiger partial charge >= 0.3 is 29.6 Å². The van der Waals surface area contributed by atoms with Crippen molar-refractivity contribution in [3.8, 4) is 11.3 Å². The quantitative estimate of drug-likeness (QED) is 0.668. The molecule has 82 valence electrons. The Kier molecular flexibility index (Phi) is 5.00. The summed E-state index contributed by atoms with van der Waals surface area (Å²) in [4.78, 5) is 13.7. The van der Waals surface area contributed by atoms with Crippen molar-refractivity contribution >= 4 is 5.97 Å². The Morgan fingerprint density at radius 2 is 1.94 bits per heavy atom. The van der Waals surface area contributed by atoms with E-state index in [0.29, 0.717) is 0 Å². The number of aryl methyl sites for hydroxylation is 1. The standard InChI is InChI=1S/C13H13NO2.Na/c1-2-9-8-11(13(15)16)14-12(9)10-6-4-3-5-7-10;/h3-8,14H,2H2,1H3,(H,15,16);/q;+1/p-1. The number of rotatable bonds is 3. The van der Waals surface area contributed by atoms with Crippen LogP contribution in [0.3, 0.4) is 0 Å². The molecule has 2 rings (SSSR count). The third-order valence-electron chi connectivity index (χ3n) is 2.56. The number of carbonyl (C=O) groups is 1. The zero-order chi connectivity index (χ0) is 11.5. The molecule has 4 heteroatoms. The topological polar surface area (TPSA) is 55.9 Å². The molecule has 0 aliphatic heterocycles. The Balaban J connectivity index is 0.00000144. The molecule has 0 saturated carbocycles. The van der Waals surface area contributed by atoms with E-state index in [1.54, 1.807) is 6.07 Å². The van der Waals surface area contributed by atoms with Gasteiger partial charge in [0.1, 0.15) is 0 Å². The van der Waals surface area contributed by atoms with Gasteiger partial charge in [0.15, 0.2) is 0 Å². The predicted octanol–water partition coefficient (Wildman–Crippen LogP) is -1.39. The third kappa shape index (κ3) is 3.00. The smallest absolute Gasteiger partial charge is 0.543 e. The van der Waals surface area contributed by atoms with Gasteiger partial charge in [0.25, 0.3) is 0 Å². The number of hydrogen-bond acceptors (Lipinski definition) is 2. The predicted molar refractivity (Wildman–Crippen MR) is 59.9 cm³/mol. The SMILES string of the molecule is CCc1cc(C(=O)[O-])[nH]c1-c1ccccc1.[Na+].